The Kier molecular flexibility index (Phi) is 9.24. The molecule has 25 heavy (non-hydrogen) atoms. The number of nitrogens with zero attached hydrogens (tertiary/aromatic N) is 2. The van der Waals surface area contributed by atoms with Crippen LogP contribution in [0.3, 0.4) is 0 Å². The molecule has 0 spiro atoms. The molecule has 6 heteroatoms. The van der Waals surface area contributed by atoms with Gasteiger partial charge in [0, 0.05) is 12.5 Å². The highest BCUT2D eigenvalue weighted by Crippen LogP contribution is 2.19. The van der Waals surface area contributed by atoms with Gasteiger partial charge in [0.2, 0.25) is 11.8 Å². The van der Waals surface area contributed by atoms with Crippen LogP contribution in [0.15, 0.2) is 10.7 Å². The van der Waals surface area contributed by atoms with Gasteiger partial charge in [-0.15, -0.1) is 0 Å². The predicted molar refractivity (Wildman–Crippen MR) is 96.0 cm³/mol. The van der Waals surface area contributed by atoms with Crippen molar-refractivity contribution < 1.29 is 18.7 Å². The Morgan fingerprint density at radius 2 is 2.00 bits per heavy atom. The number of ether oxygens (including phenoxy) is 1. The number of methoxy groups -OCH3 is 1. The molecule has 0 aliphatic rings. The first kappa shape index (κ1) is 21.2. The third-order valence-corrected chi connectivity index (χ3v) is 4.31. The number of hydrogen-bond donors (Lipinski definition) is 0. The molecule has 0 aliphatic carbocycles. The molecule has 1 aromatic rings. The zero-order valence-corrected chi connectivity index (χ0v) is 16.2. The van der Waals surface area contributed by atoms with Gasteiger partial charge in [-0.25, -0.2) is 9.78 Å². The molecule has 1 amide bonds. The summed E-state index contributed by atoms with van der Waals surface area (Å²) in [6, 6.07) is 0. The summed E-state index contributed by atoms with van der Waals surface area (Å²) in [5, 5.41) is 0. The maximum Gasteiger partial charge on any atom is 0.360 e. The quantitative estimate of drug-likeness (QED) is 0.562. The Morgan fingerprint density at radius 3 is 2.56 bits per heavy atom. The van der Waals surface area contributed by atoms with Crippen LogP contribution in [0.25, 0.3) is 0 Å². The molecule has 1 heterocycles. The first-order chi connectivity index (χ1) is 11.9. The molecule has 0 saturated heterocycles. The van der Waals surface area contributed by atoms with Crippen LogP contribution >= 0.6 is 0 Å². The molecule has 6 nitrogen and oxygen atoms in total. The normalized spacial score (nSPS) is 12.2. The van der Waals surface area contributed by atoms with Crippen LogP contribution < -0.4 is 0 Å². The molecule has 0 radical (unpaired) electrons. The van der Waals surface area contributed by atoms with E-state index in [4.69, 9.17) is 4.42 Å². The standard InChI is InChI=1S/C19H32N2O4/c1-6-8-9-15(7-2)18(22)21(11-10-14(3)4)12-17-20-16(13-25-17)19(23)24-5/h13-15H,6-12H2,1-5H3. The summed E-state index contributed by atoms with van der Waals surface area (Å²) in [5.74, 6) is 0.505. The number of unbranched alkanes of at least 4 members (excludes halogenated alkanes) is 1. The average Bonchev–Trinajstić information content (AvgIpc) is 3.06. The van der Waals surface area contributed by atoms with Crippen molar-refractivity contribution in [3.05, 3.63) is 17.8 Å². The Hall–Kier alpha value is -1.85. The fraction of sp³-hybridized carbons (Fsp3) is 0.737. The number of oxazole rings is 1. The van der Waals surface area contributed by atoms with E-state index in [1.165, 1.54) is 13.4 Å². The highest BCUT2D eigenvalue weighted by molar-refractivity contribution is 5.86. The monoisotopic (exact) mass is 352 g/mol. The van der Waals surface area contributed by atoms with Gasteiger partial charge in [0.15, 0.2) is 5.69 Å². The van der Waals surface area contributed by atoms with E-state index >= 15 is 0 Å². The molecule has 0 bridgehead atoms. The summed E-state index contributed by atoms with van der Waals surface area (Å²) in [5.41, 5.74) is 0.131. The molecule has 0 fully saturated rings. The van der Waals surface area contributed by atoms with Crippen LogP contribution in [0.1, 0.15) is 76.2 Å². The summed E-state index contributed by atoms with van der Waals surface area (Å²) in [7, 11) is 1.30. The molecule has 1 aromatic heterocycles. The average molecular weight is 352 g/mol. The van der Waals surface area contributed by atoms with E-state index in [1.54, 1.807) is 0 Å². The lowest BCUT2D eigenvalue weighted by molar-refractivity contribution is -0.137. The van der Waals surface area contributed by atoms with Crippen LogP contribution in [0.5, 0.6) is 0 Å². The van der Waals surface area contributed by atoms with Crippen molar-refractivity contribution in [2.75, 3.05) is 13.7 Å². The summed E-state index contributed by atoms with van der Waals surface area (Å²) in [6.07, 6.45) is 6.06. The highest BCUT2D eigenvalue weighted by Gasteiger charge is 2.24. The maximum atomic E-state index is 13.0. The van der Waals surface area contributed by atoms with Gasteiger partial charge in [-0.2, -0.15) is 0 Å². The first-order valence-electron chi connectivity index (χ1n) is 9.24. The van der Waals surface area contributed by atoms with Gasteiger partial charge in [-0.05, 0) is 25.2 Å². The second-order valence-electron chi connectivity index (χ2n) is 6.81. The number of rotatable bonds is 11. The Balaban J connectivity index is 2.85. The van der Waals surface area contributed by atoms with Gasteiger partial charge in [0.25, 0.3) is 0 Å². The summed E-state index contributed by atoms with van der Waals surface area (Å²) in [4.78, 5) is 30.4. The van der Waals surface area contributed by atoms with Crippen molar-refractivity contribution in [3.63, 3.8) is 0 Å². The minimum atomic E-state index is -0.538. The van der Waals surface area contributed by atoms with Gasteiger partial charge >= 0.3 is 5.97 Å². The lowest BCUT2D eigenvalue weighted by Gasteiger charge is -2.26. The van der Waals surface area contributed by atoms with Gasteiger partial charge < -0.3 is 14.1 Å². The zero-order chi connectivity index (χ0) is 18.8. The topological polar surface area (TPSA) is 72.6 Å². The van der Waals surface area contributed by atoms with Crippen molar-refractivity contribution in [3.8, 4) is 0 Å². The van der Waals surface area contributed by atoms with Gasteiger partial charge in [-0.3, -0.25) is 4.79 Å². The van der Waals surface area contributed by atoms with E-state index < -0.39 is 5.97 Å². The van der Waals surface area contributed by atoms with Crippen molar-refractivity contribution in [1.82, 2.24) is 9.88 Å². The van der Waals surface area contributed by atoms with Crippen LogP contribution in [0.2, 0.25) is 0 Å². The predicted octanol–water partition coefficient (Wildman–Crippen LogP) is 4.05. The maximum absolute atomic E-state index is 13.0. The molecule has 0 saturated carbocycles. The summed E-state index contributed by atoms with van der Waals surface area (Å²) in [6.45, 7) is 9.41. The smallest absolute Gasteiger partial charge is 0.360 e. The van der Waals surface area contributed by atoms with E-state index in [2.05, 4.69) is 37.4 Å². The fourth-order valence-electron chi connectivity index (χ4n) is 2.64. The minimum Gasteiger partial charge on any atom is -0.464 e. The zero-order valence-electron chi connectivity index (χ0n) is 16.2. The third-order valence-electron chi connectivity index (χ3n) is 4.31. The second-order valence-corrected chi connectivity index (χ2v) is 6.81. The van der Waals surface area contributed by atoms with Crippen molar-refractivity contribution in [2.24, 2.45) is 11.8 Å². The van der Waals surface area contributed by atoms with Crippen LogP contribution in [-0.2, 0) is 16.1 Å². The number of aromatic nitrogens is 1. The molecular formula is C19H32N2O4. The minimum absolute atomic E-state index is 0.0298. The van der Waals surface area contributed by atoms with E-state index in [-0.39, 0.29) is 24.1 Å². The summed E-state index contributed by atoms with van der Waals surface area (Å²) < 4.78 is 10.0. The van der Waals surface area contributed by atoms with Gasteiger partial charge in [0.05, 0.1) is 13.7 Å². The first-order valence-corrected chi connectivity index (χ1v) is 9.24. The Labute approximate surface area is 150 Å². The second kappa shape index (κ2) is 10.9. The van der Waals surface area contributed by atoms with Gasteiger partial charge in [0.1, 0.15) is 6.26 Å². The van der Waals surface area contributed by atoms with E-state index in [9.17, 15) is 9.59 Å². The van der Waals surface area contributed by atoms with E-state index in [1.807, 2.05) is 4.90 Å². The lowest BCUT2D eigenvalue weighted by Crippen LogP contribution is -2.37. The molecule has 142 valence electrons. The van der Waals surface area contributed by atoms with Crippen LogP contribution in [0.4, 0.5) is 0 Å². The van der Waals surface area contributed by atoms with E-state index in [0.29, 0.717) is 18.4 Å². The summed E-state index contributed by atoms with van der Waals surface area (Å²) >= 11 is 0. The number of esters is 1. The number of carbonyl (C=O) groups is 2. The van der Waals surface area contributed by atoms with Crippen LogP contribution in [0, 0.1) is 11.8 Å². The van der Waals surface area contributed by atoms with Crippen molar-refractivity contribution in [1.29, 1.82) is 0 Å². The number of hydrogen-bond acceptors (Lipinski definition) is 5. The molecular weight excluding hydrogens is 320 g/mol. The van der Waals surface area contributed by atoms with Crippen LogP contribution in [-0.4, -0.2) is 35.4 Å². The Bertz CT molecular complexity index is 539. The molecule has 1 unspecified atom stereocenters. The van der Waals surface area contributed by atoms with Crippen molar-refractivity contribution >= 4 is 11.9 Å². The fourth-order valence-corrected chi connectivity index (χ4v) is 2.64. The van der Waals surface area contributed by atoms with E-state index in [0.717, 1.165) is 32.1 Å². The number of carbonyl (C=O) groups excluding carboxylic acids is 2. The Morgan fingerprint density at radius 1 is 1.28 bits per heavy atom. The number of amides is 1. The lowest BCUT2D eigenvalue weighted by atomic mass is 9.97. The largest absolute Gasteiger partial charge is 0.464 e. The molecule has 1 rings (SSSR count). The SMILES string of the molecule is CCCCC(CC)C(=O)N(CCC(C)C)Cc1nc(C(=O)OC)co1. The molecule has 1 atom stereocenters. The molecule has 0 aromatic carbocycles. The van der Waals surface area contributed by atoms with Crippen molar-refractivity contribution in [2.45, 2.75) is 66.3 Å². The van der Waals surface area contributed by atoms with Gasteiger partial charge in [-0.1, -0.05) is 40.5 Å². The molecule has 0 aliphatic heterocycles. The third kappa shape index (κ3) is 6.88. The highest BCUT2D eigenvalue weighted by atomic mass is 16.5. The molecule has 0 N–H and O–H groups in total.